The lowest BCUT2D eigenvalue weighted by atomic mass is 10.0. The van der Waals surface area contributed by atoms with Gasteiger partial charge in [0.2, 0.25) is 0 Å². The molecule has 1 nitrogen and oxygen atoms in total. The molecule has 0 aromatic heterocycles. The molecule has 3 heteroatoms. The maximum Gasteiger partial charge on any atom is 0.0908 e. The van der Waals surface area contributed by atoms with Gasteiger partial charge >= 0.3 is 0 Å². The van der Waals surface area contributed by atoms with Crippen molar-refractivity contribution in [3.05, 3.63) is 0 Å². The van der Waals surface area contributed by atoms with Gasteiger partial charge in [-0.1, -0.05) is 6.92 Å². The quantitative estimate of drug-likeness (QED) is 0.470. The van der Waals surface area contributed by atoms with Gasteiger partial charge in [-0.3, -0.25) is 0 Å². The molecule has 1 N–H and O–H groups in total. The van der Waals surface area contributed by atoms with E-state index in [1.807, 2.05) is 0 Å². The van der Waals surface area contributed by atoms with Crippen molar-refractivity contribution < 1.29 is 17.3 Å². The molecule has 0 radical (unpaired) electrons. The van der Waals surface area contributed by atoms with Crippen LogP contribution in [0.4, 0.5) is 0 Å². The number of hydrogen-bond acceptors (Lipinski definition) is 0. The second-order valence-electron chi connectivity index (χ2n) is 3.39. The molecule has 1 fully saturated rings. The van der Waals surface area contributed by atoms with Crippen molar-refractivity contribution in [3.63, 3.8) is 0 Å². The van der Waals surface area contributed by atoms with Gasteiger partial charge in [0, 0.05) is 5.92 Å². The Morgan fingerprint density at radius 3 is 2.82 bits per heavy atom. The molecule has 0 aliphatic carbocycles. The molecular weight excluding hydrogens is 181 g/mol. The highest BCUT2D eigenvalue weighted by Crippen LogP contribution is 2.04. The molecule has 1 heterocycles. The molecule has 0 bridgehead atoms. The summed E-state index contributed by atoms with van der Waals surface area (Å²) in [6.07, 6.45) is 2.82. The van der Waals surface area contributed by atoms with Gasteiger partial charge < -0.3 is 17.3 Å². The number of rotatable bonds is 2. The van der Waals surface area contributed by atoms with E-state index in [1.165, 1.54) is 25.9 Å². The molecule has 1 saturated heterocycles. The fraction of sp³-hybridized carbons (Fsp3) is 1.00. The first-order valence-electron chi connectivity index (χ1n) is 4.22. The van der Waals surface area contributed by atoms with Crippen molar-refractivity contribution in [1.29, 1.82) is 0 Å². The van der Waals surface area contributed by atoms with E-state index in [0.29, 0.717) is 0 Å². The number of piperidine rings is 1. The van der Waals surface area contributed by atoms with Crippen molar-refractivity contribution in [2.75, 3.05) is 25.5 Å². The first-order valence-corrected chi connectivity index (χ1v) is 4.76. The summed E-state index contributed by atoms with van der Waals surface area (Å²) in [5.74, 6) is 1.74. The van der Waals surface area contributed by atoms with Gasteiger partial charge in [0.05, 0.1) is 25.5 Å². The van der Waals surface area contributed by atoms with Crippen LogP contribution in [0.5, 0.6) is 0 Å². The molecule has 68 valence electrons. The largest absolute Gasteiger partial charge is 1.00 e. The van der Waals surface area contributed by atoms with Crippen LogP contribution in [0.3, 0.4) is 0 Å². The minimum absolute atomic E-state index is 0. The van der Waals surface area contributed by atoms with E-state index < -0.39 is 0 Å². The van der Waals surface area contributed by atoms with E-state index in [-0.39, 0.29) is 12.4 Å². The highest BCUT2D eigenvalue weighted by Gasteiger charge is 2.18. The number of likely N-dealkylation sites (tertiary alicyclic amines) is 1. The topological polar surface area (TPSA) is 4.44 Å². The zero-order valence-electron chi connectivity index (χ0n) is 7.08. The summed E-state index contributed by atoms with van der Waals surface area (Å²) in [5, 5.41) is 0. The Morgan fingerprint density at radius 2 is 2.27 bits per heavy atom. The molecule has 2 unspecified atom stereocenters. The summed E-state index contributed by atoms with van der Waals surface area (Å²) in [7, 11) is 0. The zero-order valence-corrected chi connectivity index (χ0v) is 8.59. The molecular formula is C8H17Cl2N. The van der Waals surface area contributed by atoms with Gasteiger partial charge in [0.25, 0.3) is 0 Å². The van der Waals surface area contributed by atoms with Crippen LogP contribution in [0, 0.1) is 5.92 Å². The number of hydrogen-bond donors (Lipinski definition) is 1. The Bertz CT molecular complexity index is 96.1. The SMILES string of the molecule is CC1CCC[NH+](CCCl)C1.[Cl-]. The monoisotopic (exact) mass is 197 g/mol. The van der Waals surface area contributed by atoms with Gasteiger partial charge in [0.1, 0.15) is 0 Å². The van der Waals surface area contributed by atoms with Crippen LogP contribution in [0.1, 0.15) is 19.8 Å². The van der Waals surface area contributed by atoms with Gasteiger partial charge in [-0.05, 0) is 12.8 Å². The van der Waals surface area contributed by atoms with Gasteiger partial charge in [-0.15, -0.1) is 11.6 Å². The van der Waals surface area contributed by atoms with E-state index in [0.717, 1.165) is 18.3 Å². The molecule has 0 aromatic rings. The van der Waals surface area contributed by atoms with Gasteiger partial charge in [0.15, 0.2) is 0 Å². The number of quaternary nitrogens is 1. The highest BCUT2D eigenvalue weighted by molar-refractivity contribution is 6.17. The summed E-state index contributed by atoms with van der Waals surface area (Å²) >= 11 is 5.66. The third-order valence-corrected chi connectivity index (χ3v) is 2.50. The van der Waals surface area contributed by atoms with Gasteiger partial charge in [-0.2, -0.15) is 0 Å². The normalized spacial score (nSPS) is 31.1. The molecule has 0 spiro atoms. The standard InChI is InChI=1S/C8H16ClN.ClH/c1-8-3-2-5-10(7-8)6-4-9;/h8H,2-7H2,1H3;1H. The second kappa shape index (κ2) is 6.10. The number of alkyl halides is 1. The smallest absolute Gasteiger partial charge is 0.0908 e. The lowest BCUT2D eigenvalue weighted by molar-refractivity contribution is -0.906. The summed E-state index contributed by atoms with van der Waals surface area (Å²) in [5.41, 5.74) is 0. The van der Waals surface area contributed by atoms with Crippen molar-refractivity contribution >= 4 is 11.6 Å². The van der Waals surface area contributed by atoms with E-state index in [9.17, 15) is 0 Å². The summed E-state index contributed by atoms with van der Waals surface area (Å²) in [6, 6.07) is 0. The molecule has 1 aliphatic rings. The van der Waals surface area contributed by atoms with E-state index in [4.69, 9.17) is 11.6 Å². The molecule has 0 aromatic carbocycles. The maximum atomic E-state index is 5.66. The zero-order chi connectivity index (χ0) is 7.40. The molecule has 0 saturated carbocycles. The minimum atomic E-state index is 0. The van der Waals surface area contributed by atoms with E-state index in [2.05, 4.69) is 6.92 Å². The lowest BCUT2D eigenvalue weighted by Crippen LogP contribution is -3.13. The summed E-state index contributed by atoms with van der Waals surface area (Å²) < 4.78 is 0. The maximum absolute atomic E-state index is 5.66. The average Bonchev–Trinajstić information content (AvgIpc) is 1.88. The average molecular weight is 198 g/mol. The van der Waals surface area contributed by atoms with Crippen LogP contribution >= 0.6 is 11.6 Å². The van der Waals surface area contributed by atoms with E-state index >= 15 is 0 Å². The van der Waals surface area contributed by atoms with Crippen LogP contribution < -0.4 is 17.3 Å². The Kier molecular flexibility index (Phi) is 6.40. The molecule has 1 rings (SSSR count). The van der Waals surface area contributed by atoms with Crippen molar-refractivity contribution in [2.24, 2.45) is 5.92 Å². The Balaban J connectivity index is 0.000001000. The van der Waals surface area contributed by atoms with Crippen LogP contribution in [-0.4, -0.2) is 25.5 Å². The Morgan fingerprint density at radius 1 is 1.55 bits per heavy atom. The molecule has 2 atom stereocenters. The highest BCUT2D eigenvalue weighted by atomic mass is 35.5. The predicted molar refractivity (Wildman–Crippen MR) is 44.7 cm³/mol. The second-order valence-corrected chi connectivity index (χ2v) is 3.77. The van der Waals surface area contributed by atoms with E-state index in [1.54, 1.807) is 4.90 Å². The number of nitrogens with one attached hydrogen (secondary N) is 1. The summed E-state index contributed by atoms with van der Waals surface area (Å²) in [4.78, 5) is 1.70. The summed E-state index contributed by atoms with van der Waals surface area (Å²) in [6.45, 7) is 6.18. The molecule has 1 aliphatic heterocycles. The third kappa shape index (κ3) is 4.19. The van der Waals surface area contributed by atoms with Crippen LogP contribution in [-0.2, 0) is 0 Å². The predicted octanol–water partition coefficient (Wildman–Crippen LogP) is -2.46. The minimum Gasteiger partial charge on any atom is -1.00 e. The molecule has 11 heavy (non-hydrogen) atoms. The molecule has 0 amide bonds. The van der Waals surface area contributed by atoms with Crippen molar-refractivity contribution in [1.82, 2.24) is 0 Å². The van der Waals surface area contributed by atoms with Crippen LogP contribution in [0.15, 0.2) is 0 Å². The lowest BCUT2D eigenvalue weighted by Gasteiger charge is -2.26. The first-order chi connectivity index (χ1) is 4.83. The van der Waals surface area contributed by atoms with Gasteiger partial charge in [-0.25, -0.2) is 0 Å². The van der Waals surface area contributed by atoms with Crippen LogP contribution in [0.25, 0.3) is 0 Å². The van der Waals surface area contributed by atoms with Crippen molar-refractivity contribution in [2.45, 2.75) is 19.8 Å². The van der Waals surface area contributed by atoms with Crippen LogP contribution in [0.2, 0.25) is 0 Å². The van der Waals surface area contributed by atoms with Crippen molar-refractivity contribution in [3.8, 4) is 0 Å². The fourth-order valence-electron chi connectivity index (χ4n) is 1.76. The third-order valence-electron chi connectivity index (χ3n) is 2.31. The first kappa shape index (κ1) is 11.5. The fourth-order valence-corrected chi connectivity index (χ4v) is 2.03. The Labute approximate surface area is 80.5 Å². The Hall–Kier alpha value is 0.540. The number of halogens is 2.